The van der Waals surface area contributed by atoms with Gasteiger partial charge in [0.25, 0.3) is 0 Å². The minimum Gasteiger partial charge on any atom is -0.399 e. The van der Waals surface area contributed by atoms with Crippen LogP contribution in [0.3, 0.4) is 0 Å². The topological polar surface area (TPSA) is 79.0 Å². The summed E-state index contributed by atoms with van der Waals surface area (Å²) in [6.45, 7) is 4.26. The quantitative estimate of drug-likeness (QED) is 0.503. The van der Waals surface area contributed by atoms with Crippen LogP contribution in [0.5, 0.6) is 0 Å². The van der Waals surface area contributed by atoms with E-state index < -0.39 is 6.10 Å². The van der Waals surface area contributed by atoms with Gasteiger partial charge in [-0.1, -0.05) is 0 Å². The van der Waals surface area contributed by atoms with Crippen LogP contribution in [-0.2, 0) is 4.84 Å². The number of nitrogens with two attached hydrogens (primary N) is 1. The van der Waals surface area contributed by atoms with Gasteiger partial charge in [0, 0.05) is 12.2 Å². The van der Waals surface area contributed by atoms with E-state index in [1.165, 1.54) is 0 Å². The standard InChI is InChI=1S/C12H20N2O3/c1-3-14(17-8-11(16)7-15)10-4-5-12(13)9(2)6-10/h4-6,11,15-16H,3,7-8,13H2,1-2H3. The molecule has 0 aliphatic carbocycles. The maximum atomic E-state index is 9.23. The second-order valence-electron chi connectivity index (χ2n) is 3.87. The minimum absolute atomic E-state index is 0.0633. The van der Waals surface area contributed by atoms with E-state index >= 15 is 0 Å². The average molecular weight is 240 g/mol. The molecular formula is C12H20N2O3. The average Bonchev–Trinajstić information content (AvgIpc) is 2.33. The third kappa shape index (κ3) is 3.89. The SMILES string of the molecule is CCN(OCC(O)CO)c1ccc(N)c(C)c1. The van der Waals surface area contributed by atoms with Crippen molar-refractivity contribution in [1.82, 2.24) is 0 Å². The molecule has 0 saturated carbocycles. The molecule has 1 atom stereocenters. The number of aliphatic hydroxyl groups is 2. The molecule has 1 aromatic rings. The van der Waals surface area contributed by atoms with E-state index in [9.17, 15) is 5.11 Å². The Morgan fingerprint density at radius 1 is 1.47 bits per heavy atom. The monoisotopic (exact) mass is 240 g/mol. The van der Waals surface area contributed by atoms with Crippen molar-refractivity contribution in [2.24, 2.45) is 0 Å². The first-order valence-electron chi connectivity index (χ1n) is 5.64. The van der Waals surface area contributed by atoms with Crippen LogP contribution in [0.15, 0.2) is 18.2 Å². The van der Waals surface area contributed by atoms with Crippen LogP contribution in [0.4, 0.5) is 11.4 Å². The van der Waals surface area contributed by atoms with Crippen LogP contribution >= 0.6 is 0 Å². The Morgan fingerprint density at radius 3 is 2.71 bits per heavy atom. The number of hydroxylamine groups is 1. The molecule has 0 aromatic heterocycles. The molecule has 0 amide bonds. The summed E-state index contributed by atoms with van der Waals surface area (Å²) in [6, 6.07) is 5.60. The number of benzene rings is 1. The third-order valence-corrected chi connectivity index (χ3v) is 2.46. The highest BCUT2D eigenvalue weighted by Gasteiger charge is 2.09. The molecule has 0 aliphatic heterocycles. The van der Waals surface area contributed by atoms with Crippen molar-refractivity contribution in [3.8, 4) is 0 Å². The van der Waals surface area contributed by atoms with Crippen LogP contribution in [0.25, 0.3) is 0 Å². The van der Waals surface area contributed by atoms with Gasteiger partial charge in [-0.3, -0.25) is 9.90 Å². The Morgan fingerprint density at radius 2 is 2.18 bits per heavy atom. The normalized spacial score (nSPS) is 12.5. The number of aliphatic hydroxyl groups excluding tert-OH is 2. The van der Waals surface area contributed by atoms with E-state index in [1.807, 2.05) is 32.0 Å². The van der Waals surface area contributed by atoms with E-state index in [1.54, 1.807) is 5.06 Å². The first kappa shape index (κ1) is 13.8. The lowest BCUT2D eigenvalue weighted by Gasteiger charge is -2.24. The second kappa shape index (κ2) is 6.44. The molecule has 4 N–H and O–H groups in total. The number of nitrogen functional groups attached to an aromatic ring is 1. The van der Waals surface area contributed by atoms with Gasteiger partial charge >= 0.3 is 0 Å². The molecule has 1 unspecified atom stereocenters. The number of anilines is 2. The summed E-state index contributed by atoms with van der Waals surface area (Å²) in [7, 11) is 0. The first-order valence-corrected chi connectivity index (χ1v) is 5.64. The maximum absolute atomic E-state index is 9.23. The smallest absolute Gasteiger partial charge is 0.103 e. The van der Waals surface area contributed by atoms with Gasteiger partial charge in [-0.25, -0.2) is 0 Å². The van der Waals surface area contributed by atoms with E-state index in [4.69, 9.17) is 15.7 Å². The summed E-state index contributed by atoms with van der Waals surface area (Å²) >= 11 is 0. The summed E-state index contributed by atoms with van der Waals surface area (Å²) in [4.78, 5) is 5.41. The van der Waals surface area contributed by atoms with Crippen LogP contribution in [0.1, 0.15) is 12.5 Å². The summed E-state index contributed by atoms with van der Waals surface area (Å²) in [5.74, 6) is 0. The van der Waals surface area contributed by atoms with Gasteiger partial charge in [-0.2, -0.15) is 0 Å². The zero-order chi connectivity index (χ0) is 12.8. The van der Waals surface area contributed by atoms with Gasteiger partial charge in [-0.15, -0.1) is 0 Å². The van der Waals surface area contributed by atoms with E-state index in [-0.39, 0.29) is 13.2 Å². The van der Waals surface area contributed by atoms with Crippen LogP contribution in [-0.4, -0.2) is 36.1 Å². The van der Waals surface area contributed by atoms with E-state index in [2.05, 4.69) is 0 Å². The summed E-state index contributed by atoms with van der Waals surface area (Å²) < 4.78 is 0. The zero-order valence-electron chi connectivity index (χ0n) is 10.3. The minimum atomic E-state index is -0.862. The Kier molecular flexibility index (Phi) is 5.21. The summed E-state index contributed by atoms with van der Waals surface area (Å²) in [6.07, 6.45) is -0.862. The van der Waals surface area contributed by atoms with Crippen molar-refractivity contribution in [2.45, 2.75) is 20.0 Å². The Hall–Kier alpha value is -1.30. The fraction of sp³-hybridized carbons (Fsp3) is 0.500. The lowest BCUT2D eigenvalue weighted by molar-refractivity contribution is -0.00273. The Balaban J connectivity index is 2.69. The molecule has 5 nitrogen and oxygen atoms in total. The van der Waals surface area contributed by atoms with Crippen LogP contribution in [0.2, 0.25) is 0 Å². The molecule has 5 heteroatoms. The van der Waals surface area contributed by atoms with Crippen molar-refractivity contribution in [1.29, 1.82) is 0 Å². The van der Waals surface area contributed by atoms with Crippen molar-refractivity contribution in [2.75, 3.05) is 30.6 Å². The van der Waals surface area contributed by atoms with Crippen molar-refractivity contribution in [3.05, 3.63) is 23.8 Å². The second-order valence-corrected chi connectivity index (χ2v) is 3.87. The predicted octanol–water partition coefficient (Wildman–Crippen LogP) is 0.688. The highest BCUT2D eigenvalue weighted by molar-refractivity contribution is 5.56. The molecule has 17 heavy (non-hydrogen) atoms. The Bertz CT molecular complexity index is 358. The summed E-state index contributed by atoms with van der Waals surface area (Å²) in [5.41, 5.74) is 8.34. The molecule has 1 aromatic carbocycles. The van der Waals surface area contributed by atoms with E-state index in [0.29, 0.717) is 6.54 Å². The number of aryl methyl sites for hydroxylation is 1. The van der Waals surface area contributed by atoms with Gasteiger partial charge in [0.1, 0.15) is 12.7 Å². The fourth-order valence-electron chi connectivity index (χ4n) is 1.39. The molecule has 0 heterocycles. The van der Waals surface area contributed by atoms with Gasteiger partial charge in [0.05, 0.1) is 12.3 Å². The van der Waals surface area contributed by atoms with Gasteiger partial charge in [0.15, 0.2) is 0 Å². The highest BCUT2D eigenvalue weighted by Crippen LogP contribution is 2.20. The molecule has 96 valence electrons. The molecule has 0 saturated heterocycles. The third-order valence-electron chi connectivity index (χ3n) is 2.46. The largest absolute Gasteiger partial charge is 0.399 e. The predicted molar refractivity (Wildman–Crippen MR) is 67.7 cm³/mol. The van der Waals surface area contributed by atoms with Gasteiger partial charge in [0.2, 0.25) is 0 Å². The van der Waals surface area contributed by atoms with Crippen molar-refractivity contribution >= 4 is 11.4 Å². The fourth-order valence-corrected chi connectivity index (χ4v) is 1.39. The summed E-state index contributed by atoms with van der Waals surface area (Å²) in [5, 5.41) is 19.6. The first-order chi connectivity index (χ1) is 8.08. The van der Waals surface area contributed by atoms with Gasteiger partial charge < -0.3 is 15.9 Å². The number of hydrogen-bond donors (Lipinski definition) is 3. The van der Waals surface area contributed by atoms with E-state index in [0.717, 1.165) is 16.9 Å². The highest BCUT2D eigenvalue weighted by atomic mass is 16.7. The molecular weight excluding hydrogens is 220 g/mol. The Labute approximate surface area is 101 Å². The number of nitrogens with zero attached hydrogens (tertiary/aromatic N) is 1. The molecule has 0 fully saturated rings. The maximum Gasteiger partial charge on any atom is 0.103 e. The molecule has 1 rings (SSSR count). The zero-order valence-corrected chi connectivity index (χ0v) is 10.3. The lowest BCUT2D eigenvalue weighted by Crippen LogP contribution is -2.30. The van der Waals surface area contributed by atoms with Crippen molar-refractivity contribution in [3.63, 3.8) is 0 Å². The van der Waals surface area contributed by atoms with Gasteiger partial charge in [-0.05, 0) is 37.6 Å². The van der Waals surface area contributed by atoms with Crippen LogP contribution < -0.4 is 10.8 Å². The molecule has 0 bridgehead atoms. The molecule has 0 spiro atoms. The number of hydrogen-bond acceptors (Lipinski definition) is 5. The lowest BCUT2D eigenvalue weighted by atomic mass is 10.2. The van der Waals surface area contributed by atoms with Crippen molar-refractivity contribution < 1.29 is 15.1 Å². The molecule has 0 radical (unpaired) electrons. The molecule has 0 aliphatic rings. The van der Waals surface area contributed by atoms with Crippen LogP contribution in [0, 0.1) is 6.92 Å². The number of rotatable bonds is 6.